The number of alkyl halides is 3. The van der Waals surface area contributed by atoms with Gasteiger partial charge in [0.05, 0.1) is 0 Å². The largest absolute Gasteiger partial charge is 0.404 e. The van der Waals surface area contributed by atoms with Gasteiger partial charge in [-0.1, -0.05) is 6.92 Å². The SMILES string of the molecule is CCNC(Cc1ccncc1)C(F)(F)F. The number of aromatic nitrogens is 1. The number of nitrogens with one attached hydrogen (secondary N) is 1. The fourth-order valence-electron chi connectivity index (χ4n) is 1.30. The molecule has 0 saturated carbocycles. The van der Waals surface area contributed by atoms with Crippen LogP contribution < -0.4 is 5.32 Å². The normalized spacial score (nSPS) is 13.9. The van der Waals surface area contributed by atoms with Gasteiger partial charge < -0.3 is 5.32 Å². The van der Waals surface area contributed by atoms with Crippen molar-refractivity contribution in [2.75, 3.05) is 6.54 Å². The zero-order valence-electron chi connectivity index (χ0n) is 8.38. The van der Waals surface area contributed by atoms with Gasteiger partial charge in [0.25, 0.3) is 0 Å². The summed E-state index contributed by atoms with van der Waals surface area (Å²) >= 11 is 0. The van der Waals surface area contributed by atoms with Crippen molar-refractivity contribution in [1.29, 1.82) is 0 Å². The highest BCUT2D eigenvalue weighted by Gasteiger charge is 2.38. The van der Waals surface area contributed by atoms with Crippen molar-refractivity contribution in [3.63, 3.8) is 0 Å². The summed E-state index contributed by atoms with van der Waals surface area (Å²) in [5.41, 5.74) is 0.633. The molecule has 1 atom stereocenters. The van der Waals surface area contributed by atoms with Crippen LogP contribution in [0.15, 0.2) is 24.5 Å². The lowest BCUT2D eigenvalue weighted by Gasteiger charge is -2.20. The Morgan fingerprint density at radius 3 is 2.40 bits per heavy atom. The van der Waals surface area contributed by atoms with Gasteiger partial charge in [-0.25, -0.2) is 0 Å². The molecule has 1 unspecified atom stereocenters. The molecule has 0 amide bonds. The highest BCUT2D eigenvalue weighted by atomic mass is 19.4. The summed E-state index contributed by atoms with van der Waals surface area (Å²) in [5.74, 6) is 0. The molecule has 1 N–H and O–H groups in total. The molecule has 0 fully saturated rings. The van der Waals surface area contributed by atoms with Crippen molar-refractivity contribution < 1.29 is 13.2 Å². The van der Waals surface area contributed by atoms with Crippen molar-refractivity contribution in [2.24, 2.45) is 0 Å². The molecule has 0 aliphatic rings. The zero-order valence-corrected chi connectivity index (χ0v) is 8.38. The van der Waals surface area contributed by atoms with E-state index in [0.717, 1.165) is 0 Å². The second-order valence-corrected chi connectivity index (χ2v) is 3.21. The maximum Gasteiger partial charge on any atom is 0.404 e. The molecule has 1 rings (SSSR count). The van der Waals surface area contributed by atoms with Crippen LogP contribution in [-0.2, 0) is 6.42 Å². The van der Waals surface area contributed by atoms with Gasteiger partial charge in [-0.15, -0.1) is 0 Å². The lowest BCUT2D eigenvalue weighted by atomic mass is 10.1. The van der Waals surface area contributed by atoms with E-state index in [1.54, 1.807) is 19.1 Å². The van der Waals surface area contributed by atoms with E-state index < -0.39 is 12.2 Å². The van der Waals surface area contributed by atoms with Crippen molar-refractivity contribution in [3.8, 4) is 0 Å². The van der Waals surface area contributed by atoms with Crippen LogP contribution in [0.1, 0.15) is 12.5 Å². The third-order valence-electron chi connectivity index (χ3n) is 2.03. The predicted octanol–water partition coefficient (Wildman–Crippen LogP) is 2.16. The Kier molecular flexibility index (Phi) is 4.08. The molecule has 0 radical (unpaired) electrons. The third-order valence-corrected chi connectivity index (χ3v) is 2.03. The molecular formula is C10H13F3N2. The molecular weight excluding hydrogens is 205 g/mol. The second kappa shape index (κ2) is 5.11. The summed E-state index contributed by atoms with van der Waals surface area (Å²) in [6.07, 6.45) is -1.28. The standard InChI is InChI=1S/C10H13F3N2/c1-2-15-9(10(11,12)13)7-8-3-5-14-6-4-8/h3-6,9,15H,2,7H2,1H3. The third kappa shape index (κ3) is 3.87. The van der Waals surface area contributed by atoms with Crippen LogP contribution in [0.25, 0.3) is 0 Å². The molecule has 0 aromatic carbocycles. The summed E-state index contributed by atoms with van der Waals surface area (Å²) in [7, 11) is 0. The van der Waals surface area contributed by atoms with Gasteiger partial charge in [0.2, 0.25) is 0 Å². The first-order valence-corrected chi connectivity index (χ1v) is 4.73. The number of nitrogens with zero attached hydrogens (tertiary/aromatic N) is 1. The summed E-state index contributed by atoms with van der Waals surface area (Å²) in [5, 5.41) is 2.43. The predicted molar refractivity (Wildman–Crippen MR) is 51.5 cm³/mol. The molecule has 1 aromatic rings. The van der Waals surface area contributed by atoms with Gasteiger partial charge in [-0.05, 0) is 30.7 Å². The second-order valence-electron chi connectivity index (χ2n) is 3.21. The minimum Gasteiger partial charge on any atom is -0.306 e. The van der Waals surface area contributed by atoms with Crippen LogP contribution in [0.2, 0.25) is 0 Å². The van der Waals surface area contributed by atoms with Crippen molar-refractivity contribution in [2.45, 2.75) is 25.6 Å². The number of pyridine rings is 1. The molecule has 5 heteroatoms. The van der Waals surface area contributed by atoms with E-state index in [4.69, 9.17) is 0 Å². The number of hydrogen-bond donors (Lipinski definition) is 1. The monoisotopic (exact) mass is 218 g/mol. The summed E-state index contributed by atoms with van der Waals surface area (Å²) in [4.78, 5) is 3.76. The average molecular weight is 218 g/mol. The molecule has 0 bridgehead atoms. The van der Waals surface area contributed by atoms with Crippen molar-refractivity contribution >= 4 is 0 Å². The lowest BCUT2D eigenvalue weighted by molar-refractivity contribution is -0.155. The molecule has 2 nitrogen and oxygen atoms in total. The van der Waals surface area contributed by atoms with Crippen LogP contribution in [0.5, 0.6) is 0 Å². The van der Waals surface area contributed by atoms with Crippen LogP contribution in [-0.4, -0.2) is 23.7 Å². The van der Waals surface area contributed by atoms with Crippen molar-refractivity contribution in [3.05, 3.63) is 30.1 Å². The van der Waals surface area contributed by atoms with E-state index in [2.05, 4.69) is 10.3 Å². The van der Waals surface area contributed by atoms with E-state index in [1.165, 1.54) is 12.4 Å². The Bertz CT molecular complexity index is 284. The minimum atomic E-state index is -4.21. The van der Waals surface area contributed by atoms with Gasteiger partial charge in [-0.2, -0.15) is 13.2 Å². The molecule has 1 aromatic heterocycles. The number of halogens is 3. The highest BCUT2D eigenvalue weighted by Crippen LogP contribution is 2.22. The van der Waals surface area contributed by atoms with Gasteiger partial charge in [-0.3, -0.25) is 4.98 Å². The topological polar surface area (TPSA) is 24.9 Å². The van der Waals surface area contributed by atoms with E-state index in [0.29, 0.717) is 12.1 Å². The molecule has 0 spiro atoms. The zero-order chi connectivity index (χ0) is 11.3. The van der Waals surface area contributed by atoms with Crippen LogP contribution in [0.4, 0.5) is 13.2 Å². The Balaban J connectivity index is 2.67. The fraction of sp³-hybridized carbons (Fsp3) is 0.500. The Morgan fingerprint density at radius 1 is 1.33 bits per heavy atom. The van der Waals surface area contributed by atoms with E-state index >= 15 is 0 Å². The van der Waals surface area contributed by atoms with E-state index in [-0.39, 0.29) is 6.42 Å². The quantitative estimate of drug-likeness (QED) is 0.837. The smallest absolute Gasteiger partial charge is 0.306 e. The van der Waals surface area contributed by atoms with Gasteiger partial charge in [0.1, 0.15) is 6.04 Å². The van der Waals surface area contributed by atoms with Crippen LogP contribution in [0, 0.1) is 0 Å². The average Bonchev–Trinajstić information content (AvgIpc) is 2.17. The maximum absolute atomic E-state index is 12.5. The Hall–Kier alpha value is -1.10. The molecule has 0 aliphatic carbocycles. The van der Waals surface area contributed by atoms with Gasteiger partial charge in [0, 0.05) is 12.4 Å². The fourth-order valence-corrected chi connectivity index (χ4v) is 1.30. The summed E-state index contributed by atoms with van der Waals surface area (Å²) in [6, 6.07) is 1.71. The van der Waals surface area contributed by atoms with E-state index in [9.17, 15) is 13.2 Å². The number of rotatable bonds is 4. The molecule has 0 aliphatic heterocycles. The minimum absolute atomic E-state index is 0.0557. The molecule has 1 heterocycles. The van der Waals surface area contributed by atoms with E-state index in [1.807, 2.05) is 0 Å². The first kappa shape index (κ1) is 12.0. The van der Waals surface area contributed by atoms with Crippen LogP contribution >= 0.6 is 0 Å². The Morgan fingerprint density at radius 2 is 1.93 bits per heavy atom. The van der Waals surface area contributed by atoms with Gasteiger partial charge in [0.15, 0.2) is 0 Å². The van der Waals surface area contributed by atoms with Crippen LogP contribution in [0.3, 0.4) is 0 Å². The first-order chi connectivity index (χ1) is 7.04. The molecule has 15 heavy (non-hydrogen) atoms. The highest BCUT2D eigenvalue weighted by molar-refractivity contribution is 5.12. The Labute approximate surface area is 86.5 Å². The molecule has 84 valence electrons. The number of likely N-dealkylation sites (N-methyl/N-ethyl adjacent to an activating group) is 1. The molecule has 0 saturated heterocycles. The summed E-state index contributed by atoms with van der Waals surface area (Å²) in [6.45, 7) is 1.96. The lowest BCUT2D eigenvalue weighted by Crippen LogP contribution is -2.43. The maximum atomic E-state index is 12.5. The van der Waals surface area contributed by atoms with Crippen molar-refractivity contribution in [1.82, 2.24) is 10.3 Å². The first-order valence-electron chi connectivity index (χ1n) is 4.73. The number of hydrogen-bond acceptors (Lipinski definition) is 2. The van der Waals surface area contributed by atoms with Gasteiger partial charge >= 0.3 is 6.18 Å². The summed E-state index contributed by atoms with van der Waals surface area (Å²) < 4.78 is 37.5.